The molecule has 0 atom stereocenters. The molecule has 3 N–H and O–H groups in total. The lowest BCUT2D eigenvalue weighted by Crippen LogP contribution is -2.04. The number of rotatable bonds is 2. The molecule has 0 bridgehead atoms. The average Bonchev–Trinajstić information content (AvgIpc) is 2.61. The number of aromatic amines is 2. The third-order valence-electron chi connectivity index (χ3n) is 2.28. The molecule has 0 radical (unpaired) electrons. The summed E-state index contributed by atoms with van der Waals surface area (Å²) in [5.74, 6) is 0.00951. The van der Waals surface area contributed by atoms with Crippen molar-refractivity contribution in [2.45, 2.75) is 6.92 Å². The van der Waals surface area contributed by atoms with Crippen LogP contribution in [0.4, 0.5) is 5.69 Å². The maximum atomic E-state index is 11.3. The van der Waals surface area contributed by atoms with Gasteiger partial charge < -0.3 is 10.2 Å². The van der Waals surface area contributed by atoms with Gasteiger partial charge in [0.2, 0.25) is 0 Å². The number of aromatic nitrogens is 2. The maximum absolute atomic E-state index is 11.3. The minimum Gasteiger partial charge on any atom is -0.506 e. The Kier molecular flexibility index (Phi) is 3.01. The van der Waals surface area contributed by atoms with E-state index >= 15 is 0 Å². The maximum Gasteiger partial charge on any atom is 0.272 e. The van der Waals surface area contributed by atoms with Crippen LogP contribution in [0.15, 0.2) is 28.0 Å². The Bertz CT molecular complexity index is 628. The van der Waals surface area contributed by atoms with Crippen molar-refractivity contribution in [1.29, 1.82) is 0 Å². The second-order valence-corrected chi connectivity index (χ2v) is 3.95. The zero-order chi connectivity index (χ0) is 12.4. The minimum atomic E-state index is -0.257. The van der Waals surface area contributed by atoms with Crippen molar-refractivity contribution in [2.75, 3.05) is 0 Å². The molecule has 2 aromatic rings. The van der Waals surface area contributed by atoms with Crippen molar-refractivity contribution in [1.82, 2.24) is 10.2 Å². The second-order valence-electron chi connectivity index (χ2n) is 3.51. The molecule has 1 aromatic carbocycles. The molecule has 5 nitrogen and oxygen atoms in total. The van der Waals surface area contributed by atoms with Gasteiger partial charge in [-0.25, -0.2) is 0 Å². The monoisotopic (exact) mass is 251 g/mol. The highest BCUT2D eigenvalue weighted by atomic mass is 35.5. The van der Waals surface area contributed by atoms with Crippen molar-refractivity contribution in [3.8, 4) is 5.75 Å². The number of aryl methyl sites for hydroxylation is 1. The number of aliphatic imine (C=N–C) groups is 1. The second kappa shape index (κ2) is 4.47. The van der Waals surface area contributed by atoms with E-state index in [1.54, 1.807) is 13.0 Å². The van der Waals surface area contributed by atoms with Crippen LogP contribution < -0.4 is 5.56 Å². The van der Waals surface area contributed by atoms with Crippen LogP contribution in [0.3, 0.4) is 0 Å². The summed E-state index contributed by atoms with van der Waals surface area (Å²) < 4.78 is 0. The highest BCUT2D eigenvalue weighted by Crippen LogP contribution is 2.28. The molecule has 0 saturated carbocycles. The molecule has 0 aliphatic rings. The number of aromatic hydroxyl groups is 1. The first-order valence-corrected chi connectivity index (χ1v) is 5.25. The molecular formula is C11H10ClN3O2. The van der Waals surface area contributed by atoms with Gasteiger partial charge in [-0.15, -0.1) is 0 Å². The molecule has 6 heteroatoms. The van der Waals surface area contributed by atoms with Crippen LogP contribution in [0.1, 0.15) is 11.3 Å². The summed E-state index contributed by atoms with van der Waals surface area (Å²) >= 11 is 5.78. The molecular weight excluding hydrogens is 242 g/mol. The molecule has 0 amide bonds. The Hall–Kier alpha value is -2.01. The van der Waals surface area contributed by atoms with Gasteiger partial charge in [-0.2, -0.15) is 0 Å². The fourth-order valence-electron chi connectivity index (χ4n) is 1.35. The number of nitrogens with zero attached hydrogens (tertiary/aromatic N) is 1. The van der Waals surface area contributed by atoms with E-state index in [1.807, 2.05) is 0 Å². The van der Waals surface area contributed by atoms with E-state index in [0.29, 0.717) is 22.0 Å². The van der Waals surface area contributed by atoms with Crippen molar-refractivity contribution in [2.24, 2.45) is 4.99 Å². The number of phenols is 1. The number of hydrogen-bond acceptors (Lipinski definition) is 3. The standard InChI is InChI=1S/C11H10ClN3O2/c1-6-8(11(17)15-14-6)5-13-9-4-7(12)2-3-10(9)16/h2-5,16H,1H3,(H2,14,15,17). The number of benzene rings is 1. The van der Waals surface area contributed by atoms with Crippen LogP contribution in [0.25, 0.3) is 0 Å². The van der Waals surface area contributed by atoms with Crippen LogP contribution >= 0.6 is 11.6 Å². The summed E-state index contributed by atoms with van der Waals surface area (Å²) in [6.07, 6.45) is 1.38. The highest BCUT2D eigenvalue weighted by Gasteiger charge is 2.04. The Balaban J connectivity index is 2.39. The largest absolute Gasteiger partial charge is 0.506 e. The number of hydrogen-bond donors (Lipinski definition) is 3. The zero-order valence-electron chi connectivity index (χ0n) is 8.99. The number of H-pyrrole nitrogens is 2. The van der Waals surface area contributed by atoms with Crippen molar-refractivity contribution < 1.29 is 5.11 Å². The molecule has 88 valence electrons. The summed E-state index contributed by atoms with van der Waals surface area (Å²) in [5.41, 5.74) is 1.16. The summed E-state index contributed by atoms with van der Waals surface area (Å²) in [6.45, 7) is 1.75. The number of phenolic OH excluding ortho intramolecular Hbond substituents is 1. The Morgan fingerprint density at radius 3 is 2.82 bits per heavy atom. The van der Waals surface area contributed by atoms with Crippen molar-refractivity contribution >= 4 is 23.5 Å². The summed E-state index contributed by atoms with van der Waals surface area (Å²) in [6, 6.07) is 4.52. The SMILES string of the molecule is Cc1[nH][nH]c(=O)c1C=Nc1cc(Cl)ccc1O. The van der Waals surface area contributed by atoms with Gasteiger partial charge in [-0.1, -0.05) is 11.6 Å². The third-order valence-corrected chi connectivity index (χ3v) is 2.52. The molecule has 2 rings (SSSR count). The fraction of sp³-hybridized carbons (Fsp3) is 0.0909. The number of nitrogens with one attached hydrogen (secondary N) is 2. The molecule has 0 saturated heterocycles. The lowest BCUT2D eigenvalue weighted by Gasteiger charge is -1.98. The van der Waals surface area contributed by atoms with E-state index in [1.165, 1.54) is 18.3 Å². The average molecular weight is 252 g/mol. The summed E-state index contributed by atoms with van der Waals surface area (Å²) in [5, 5.41) is 15.1. The molecule has 0 unspecified atom stereocenters. The van der Waals surface area contributed by atoms with Gasteiger partial charge in [0.25, 0.3) is 5.56 Å². The Morgan fingerprint density at radius 2 is 2.18 bits per heavy atom. The summed E-state index contributed by atoms with van der Waals surface area (Å²) in [7, 11) is 0. The number of halogens is 1. The van der Waals surface area contributed by atoms with Gasteiger partial charge in [0, 0.05) is 16.9 Å². The van der Waals surface area contributed by atoms with Crippen LogP contribution in [-0.4, -0.2) is 21.5 Å². The molecule has 0 fully saturated rings. The Morgan fingerprint density at radius 1 is 1.41 bits per heavy atom. The molecule has 0 spiro atoms. The smallest absolute Gasteiger partial charge is 0.272 e. The lowest BCUT2D eigenvalue weighted by atomic mass is 10.2. The lowest BCUT2D eigenvalue weighted by molar-refractivity contribution is 0.477. The first kappa shape index (κ1) is 11.5. The first-order chi connectivity index (χ1) is 8.08. The predicted molar refractivity (Wildman–Crippen MR) is 66.5 cm³/mol. The molecule has 0 aliphatic heterocycles. The summed E-state index contributed by atoms with van der Waals surface area (Å²) in [4.78, 5) is 15.4. The Labute approximate surface area is 102 Å². The highest BCUT2D eigenvalue weighted by molar-refractivity contribution is 6.30. The van der Waals surface area contributed by atoms with Crippen LogP contribution in [-0.2, 0) is 0 Å². The van der Waals surface area contributed by atoms with E-state index < -0.39 is 0 Å². The van der Waals surface area contributed by atoms with Crippen LogP contribution in [0.5, 0.6) is 5.75 Å². The van der Waals surface area contributed by atoms with Gasteiger partial charge in [0.15, 0.2) is 0 Å². The van der Waals surface area contributed by atoms with Crippen LogP contribution in [0.2, 0.25) is 5.02 Å². The molecule has 17 heavy (non-hydrogen) atoms. The van der Waals surface area contributed by atoms with Gasteiger partial charge >= 0.3 is 0 Å². The van der Waals surface area contributed by atoms with Gasteiger partial charge in [-0.05, 0) is 25.1 Å². The van der Waals surface area contributed by atoms with E-state index in [4.69, 9.17) is 11.6 Å². The first-order valence-electron chi connectivity index (χ1n) is 4.88. The van der Waals surface area contributed by atoms with Gasteiger partial charge in [0.1, 0.15) is 11.4 Å². The molecule has 1 aromatic heterocycles. The fourth-order valence-corrected chi connectivity index (χ4v) is 1.51. The third kappa shape index (κ3) is 2.39. The quantitative estimate of drug-likeness (QED) is 0.715. The molecule has 1 heterocycles. The topological polar surface area (TPSA) is 81.2 Å². The molecule has 0 aliphatic carbocycles. The van der Waals surface area contributed by atoms with Crippen molar-refractivity contribution in [3.63, 3.8) is 0 Å². The normalized spacial score (nSPS) is 11.2. The van der Waals surface area contributed by atoms with Crippen LogP contribution in [0, 0.1) is 6.92 Å². The minimum absolute atomic E-state index is 0.00951. The van der Waals surface area contributed by atoms with E-state index in [9.17, 15) is 9.90 Å². The van der Waals surface area contributed by atoms with E-state index in [2.05, 4.69) is 15.2 Å². The van der Waals surface area contributed by atoms with E-state index in [-0.39, 0.29) is 11.3 Å². The van der Waals surface area contributed by atoms with Gasteiger partial charge in [-0.3, -0.25) is 14.9 Å². The zero-order valence-corrected chi connectivity index (χ0v) is 9.75. The van der Waals surface area contributed by atoms with E-state index in [0.717, 1.165) is 0 Å². The van der Waals surface area contributed by atoms with Gasteiger partial charge in [0.05, 0.1) is 5.56 Å². The predicted octanol–water partition coefficient (Wildman–Crippen LogP) is 2.12. The van der Waals surface area contributed by atoms with Crippen molar-refractivity contribution in [3.05, 3.63) is 44.8 Å².